The zero-order chi connectivity index (χ0) is 18.8. The minimum Gasteiger partial charge on any atom is -0.367 e. The average Bonchev–Trinajstić information content (AvgIpc) is 3.30. The van der Waals surface area contributed by atoms with Crippen LogP contribution in [0.4, 0.5) is 10.5 Å². The maximum atomic E-state index is 12.5. The van der Waals surface area contributed by atoms with E-state index in [1.54, 1.807) is 10.9 Å². The summed E-state index contributed by atoms with van der Waals surface area (Å²) in [6.45, 7) is 8.81. The fourth-order valence-corrected chi connectivity index (χ4v) is 4.11. The first-order valence-corrected chi connectivity index (χ1v) is 9.85. The van der Waals surface area contributed by atoms with Crippen molar-refractivity contribution in [1.82, 2.24) is 19.8 Å². The first-order chi connectivity index (χ1) is 13.1. The molecule has 2 aromatic rings. The van der Waals surface area contributed by atoms with Crippen molar-refractivity contribution in [2.75, 3.05) is 37.6 Å². The molecule has 2 aliphatic heterocycles. The molecule has 0 radical (unpaired) electrons. The minimum absolute atomic E-state index is 0.187. The van der Waals surface area contributed by atoms with Gasteiger partial charge in [0.2, 0.25) is 0 Å². The molecule has 0 bridgehead atoms. The van der Waals surface area contributed by atoms with Gasteiger partial charge in [0.25, 0.3) is 0 Å². The molecule has 1 unspecified atom stereocenters. The number of piperazine rings is 1. The normalized spacial score (nSPS) is 19.8. The molecular weight excluding hydrogens is 338 g/mol. The lowest BCUT2D eigenvalue weighted by Gasteiger charge is -2.38. The van der Waals surface area contributed by atoms with Gasteiger partial charge in [-0.15, -0.1) is 0 Å². The third-order valence-electron chi connectivity index (χ3n) is 5.42. The van der Waals surface area contributed by atoms with E-state index in [1.165, 1.54) is 19.4 Å². The number of carbonyl (C=O) groups is 1. The number of nitrogens with zero attached hydrogens (tertiary/aromatic N) is 4. The van der Waals surface area contributed by atoms with Crippen molar-refractivity contribution in [3.8, 4) is 11.8 Å². The maximum absolute atomic E-state index is 12.5. The van der Waals surface area contributed by atoms with Crippen LogP contribution < -0.4 is 10.2 Å². The summed E-state index contributed by atoms with van der Waals surface area (Å²) in [5.41, 5.74) is 2.87. The molecular formula is C21H27N5O. The molecule has 2 aliphatic rings. The van der Waals surface area contributed by atoms with Gasteiger partial charge in [-0.25, -0.2) is 9.78 Å². The predicted octanol–water partition coefficient (Wildman–Crippen LogP) is 2.54. The lowest BCUT2D eigenvalue weighted by molar-refractivity contribution is 0.231. The van der Waals surface area contributed by atoms with Crippen LogP contribution in [0.3, 0.4) is 0 Å². The molecule has 2 fully saturated rings. The highest BCUT2D eigenvalue weighted by molar-refractivity contribution is 5.95. The van der Waals surface area contributed by atoms with E-state index in [2.05, 4.69) is 38.0 Å². The number of anilines is 1. The van der Waals surface area contributed by atoms with Crippen LogP contribution in [0.1, 0.15) is 26.7 Å². The average molecular weight is 365 g/mol. The van der Waals surface area contributed by atoms with Gasteiger partial charge in [0, 0.05) is 31.6 Å². The Morgan fingerprint density at radius 3 is 3.07 bits per heavy atom. The molecule has 3 heterocycles. The van der Waals surface area contributed by atoms with Crippen molar-refractivity contribution in [1.29, 1.82) is 0 Å². The van der Waals surface area contributed by atoms with E-state index in [4.69, 9.17) is 0 Å². The number of rotatable bonds is 2. The second-order valence-electron chi connectivity index (χ2n) is 7.67. The van der Waals surface area contributed by atoms with Crippen molar-refractivity contribution in [2.24, 2.45) is 5.92 Å². The molecule has 1 aromatic carbocycles. The number of hydrogen-bond acceptors (Lipinski definition) is 4. The SMILES string of the molecule is CC(C)C#CCNC(=O)n1cnc2c(N3CCN4CCCC4C3)cccc21. The Morgan fingerprint density at radius 1 is 1.33 bits per heavy atom. The summed E-state index contributed by atoms with van der Waals surface area (Å²) in [7, 11) is 0. The van der Waals surface area contributed by atoms with E-state index < -0.39 is 0 Å². The van der Waals surface area contributed by atoms with E-state index in [0.29, 0.717) is 18.5 Å². The Morgan fingerprint density at radius 2 is 2.22 bits per heavy atom. The number of aromatic nitrogens is 2. The fraction of sp³-hybridized carbons (Fsp3) is 0.524. The van der Waals surface area contributed by atoms with Gasteiger partial charge in [-0.1, -0.05) is 31.8 Å². The zero-order valence-corrected chi connectivity index (χ0v) is 16.1. The molecule has 4 rings (SSSR count). The molecule has 1 atom stereocenters. The number of hydrogen-bond donors (Lipinski definition) is 1. The van der Waals surface area contributed by atoms with Gasteiger partial charge in [-0.3, -0.25) is 9.47 Å². The second-order valence-corrected chi connectivity index (χ2v) is 7.67. The molecule has 27 heavy (non-hydrogen) atoms. The van der Waals surface area contributed by atoms with Crippen molar-refractivity contribution < 1.29 is 4.79 Å². The number of fused-ring (bicyclic) bond motifs is 2. The molecule has 6 nitrogen and oxygen atoms in total. The Hall–Kier alpha value is -2.52. The molecule has 1 N–H and O–H groups in total. The van der Waals surface area contributed by atoms with E-state index in [9.17, 15) is 4.79 Å². The van der Waals surface area contributed by atoms with Crippen LogP contribution in [-0.4, -0.2) is 59.2 Å². The molecule has 0 aliphatic carbocycles. The largest absolute Gasteiger partial charge is 0.367 e. The zero-order valence-electron chi connectivity index (χ0n) is 16.1. The molecule has 0 spiro atoms. The molecule has 142 valence electrons. The quantitative estimate of drug-likeness (QED) is 0.831. The second kappa shape index (κ2) is 7.61. The summed E-state index contributed by atoms with van der Waals surface area (Å²) in [6.07, 6.45) is 4.20. The summed E-state index contributed by atoms with van der Waals surface area (Å²) in [4.78, 5) is 22.1. The Kier molecular flexibility index (Phi) is 5.04. The van der Waals surface area contributed by atoms with Gasteiger partial charge in [0.05, 0.1) is 17.7 Å². The summed E-state index contributed by atoms with van der Waals surface area (Å²) in [5.74, 6) is 6.34. The molecule has 6 heteroatoms. The van der Waals surface area contributed by atoms with Crippen molar-refractivity contribution in [2.45, 2.75) is 32.7 Å². The first-order valence-electron chi connectivity index (χ1n) is 9.85. The van der Waals surface area contributed by atoms with Gasteiger partial charge in [-0.05, 0) is 31.5 Å². The monoisotopic (exact) mass is 365 g/mol. The molecule has 0 saturated carbocycles. The third kappa shape index (κ3) is 3.65. The lowest BCUT2D eigenvalue weighted by Crippen LogP contribution is -2.50. The summed E-state index contributed by atoms with van der Waals surface area (Å²) >= 11 is 0. The van der Waals surface area contributed by atoms with E-state index in [0.717, 1.165) is 36.4 Å². The standard InChI is InChI=1S/C21H27N5O/c1-16(2)6-4-10-22-21(27)26-15-23-20-18(8-3-9-19(20)26)25-13-12-24-11-5-7-17(24)14-25/h3,8-9,15-17H,5,7,10-14H2,1-2H3,(H,22,27). The summed E-state index contributed by atoms with van der Waals surface area (Å²) in [5, 5.41) is 2.85. The van der Waals surface area contributed by atoms with Crippen molar-refractivity contribution >= 4 is 22.8 Å². The van der Waals surface area contributed by atoms with Crippen molar-refractivity contribution in [3.05, 3.63) is 24.5 Å². The van der Waals surface area contributed by atoms with Gasteiger partial charge in [-0.2, -0.15) is 0 Å². The van der Waals surface area contributed by atoms with Gasteiger partial charge >= 0.3 is 6.03 Å². The Labute approximate surface area is 160 Å². The Bertz CT molecular complexity index is 891. The van der Waals surface area contributed by atoms with Crippen LogP contribution in [0.25, 0.3) is 11.0 Å². The Balaban J connectivity index is 1.53. The number of benzene rings is 1. The highest BCUT2D eigenvalue weighted by atomic mass is 16.2. The van der Waals surface area contributed by atoms with Gasteiger partial charge < -0.3 is 10.2 Å². The smallest absolute Gasteiger partial charge is 0.328 e. The van der Waals surface area contributed by atoms with Crippen LogP contribution in [0.15, 0.2) is 24.5 Å². The van der Waals surface area contributed by atoms with Crippen molar-refractivity contribution in [3.63, 3.8) is 0 Å². The number of amides is 1. The number of para-hydroxylation sites is 1. The molecule has 2 saturated heterocycles. The predicted molar refractivity (Wildman–Crippen MR) is 108 cm³/mol. The van der Waals surface area contributed by atoms with Crippen LogP contribution in [0, 0.1) is 17.8 Å². The number of carbonyl (C=O) groups excluding carboxylic acids is 1. The van der Waals surface area contributed by atoms with Crippen LogP contribution in [0.5, 0.6) is 0 Å². The van der Waals surface area contributed by atoms with E-state index >= 15 is 0 Å². The number of imidazole rings is 1. The van der Waals surface area contributed by atoms with E-state index in [1.807, 2.05) is 26.0 Å². The van der Waals surface area contributed by atoms with Crippen LogP contribution in [-0.2, 0) is 0 Å². The highest BCUT2D eigenvalue weighted by Gasteiger charge is 2.31. The van der Waals surface area contributed by atoms with Gasteiger partial charge in [0.1, 0.15) is 11.8 Å². The van der Waals surface area contributed by atoms with Crippen LogP contribution >= 0.6 is 0 Å². The molecule has 1 amide bonds. The number of nitrogens with one attached hydrogen (secondary N) is 1. The van der Waals surface area contributed by atoms with Gasteiger partial charge in [0.15, 0.2) is 0 Å². The fourth-order valence-electron chi connectivity index (χ4n) is 4.11. The highest BCUT2D eigenvalue weighted by Crippen LogP contribution is 2.30. The van der Waals surface area contributed by atoms with Crippen LogP contribution in [0.2, 0.25) is 0 Å². The lowest BCUT2D eigenvalue weighted by atomic mass is 10.1. The first kappa shape index (κ1) is 17.9. The molecule has 1 aromatic heterocycles. The van der Waals surface area contributed by atoms with E-state index in [-0.39, 0.29) is 6.03 Å². The summed E-state index contributed by atoms with van der Waals surface area (Å²) < 4.78 is 1.59. The maximum Gasteiger partial charge on any atom is 0.328 e. The summed E-state index contributed by atoms with van der Waals surface area (Å²) in [6, 6.07) is 6.56. The topological polar surface area (TPSA) is 53.4 Å². The third-order valence-corrected chi connectivity index (χ3v) is 5.42. The minimum atomic E-state index is -0.187.